The molecular formula is C17H24N2O2. The molecule has 0 spiro atoms. The molecule has 4 nitrogen and oxygen atoms in total. The van der Waals surface area contributed by atoms with Crippen LogP contribution in [0.15, 0.2) is 30.3 Å². The molecule has 0 aliphatic carbocycles. The van der Waals surface area contributed by atoms with Crippen LogP contribution in [0.2, 0.25) is 0 Å². The topological polar surface area (TPSA) is 53.3 Å². The van der Waals surface area contributed by atoms with Gasteiger partial charge in [0.15, 0.2) is 0 Å². The minimum atomic E-state index is -0.311. The fourth-order valence-electron chi connectivity index (χ4n) is 2.38. The number of nitriles is 1. The standard InChI is InChI=1S/C17H24N2O2/c1-14(2)12-19(11-7-10-18)13-16(17(20)21-3)15-8-5-4-6-9-15/h4-6,8-9,14,16H,7,11-13H2,1-3H3. The summed E-state index contributed by atoms with van der Waals surface area (Å²) < 4.78 is 4.95. The molecule has 114 valence electrons. The van der Waals surface area contributed by atoms with Gasteiger partial charge in [-0.25, -0.2) is 0 Å². The molecule has 0 N–H and O–H groups in total. The molecule has 0 aromatic heterocycles. The van der Waals surface area contributed by atoms with Crippen LogP contribution in [0, 0.1) is 17.2 Å². The summed E-state index contributed by atoms with van der Waals surface area (Å²) in [4.78, 5) is 14.3. The van der Waals surface area contributed by atoms with Gasteiger partial charge in [-0.05, 0) is 11.5 Å². The predicted molar refractivity (Wildman–Crippen MR) is 82.7 cm³/mol. The first-order valence-corrected chi connectivity index (χ1v) is 7.30. The Morgan fingerprint density at radius 3 is 2.48 bits per heavy atom. The van der Waals surface area contributed by atoms with Crippen LogP contribution in [0.1, 0.15) is 31.7 Å². The van der Waals surface area contributed by atoms with Crippen LogP contribution in [-0.2, 0) is 9.53 Å². The number of ether oxygens (including phenoxy) is 1. The Kier molecular flexibility index (Phi) is 7.49. The first kappa shape index (κ1) is 17.2. The van der Waals surface area contributed by atoms with Crippen LogP contribution >= 0.6 is 0 Å². The fourth-order valence-corrected chi connectivity index (χ4v) is 2.38. The number of hydrogen-bond acceptors (Lipinski definition) is 4. The molecule has 1 unspecified atom stereocenters. The minimum Gasteiger partial charge on any atom is -0.469 e. The van der Waals surface area contributed by atoms with Crippen molar-refractivity contribution in [3.63, 3.8) is 0 Å². The average molecular weight is 288 g/mol. The van der Waals surface area contributed by atoms with Crippen LogP contribution < -0.4 is 0 Å². The summed E-state index contributed by atoms with van der Waals surface area (Å²) >= 11 is 0. The summed E-state index contributed by atoms with van der Waals surface area (Å²) in [5.41, 5.74) is 0.954. The van der Waals surface area contributed by atoms with Crippen molar-refractivity contribution in [1.29, 1.82) is 5.26 Å². The van der Waals surface area contributed by atoms with Gasteiger partial charge in [0.2, 0.25) is 0 Å². The van der Waals surface area contributed by atoms with Crippen LogP contribution in [0.4, 0.5) is 0 Å². The highest BCUT2D eigenvalue weighted by molar-refractivity contribution is 5.78. The molecule has 21 heavy (non-hydrogen) atoms. The molecule has 0 saturated carbocycles. The third-order valence-corrected chi connectivity index (χ3v) is 3.29. The quantitative estimate of drug-likeness (QED) is 0.690. The molecule has 1 atom stereocenters. The normalized spacial score (nSPS) is 12.2. The van der Waals surface area contributed by atoms with E-state index in [2.05, 4.69) is 24.8 Å². The van der Waals surface area contributed by atoms with Gasteiger partial charge in [0.25, 0.3) is 0 Å². The SMILES string of the molecule is COC(=O)C(CN(CCC#N)CC(C)C)c1ccccc1. The second-order valence-electron chi connectivity index (χ2n) is 5.55. The fraction of sp³-hybridized carbons (Fsp3) is 0.529. The molecule has 0 bridgehead atoms. The Hall–Kier alpha value is -1.86. The molecular weight excluding hydrogens is 264 g/mol. The molecule has 0 aliphatic heterocycles. The van der Waals surface area contributed by atoms with E-state index >= 15 is 0 Å². The van der Waals surface area contributed by atoms with Crippen molar-refractivity contribution in [2.75, 3.05) is 26.7 Å². The molecule has 0 aliphatic rings. The monoisotopic (exact) mass is 288 g/mol. The van der Waals surface area contributed by atoms with Crippen molar-refractivity contribution in [3.05, 3.63) is 35.9 Å². The average Bonchev–Trinajstić information content (AvgIpc) is 2.49. The van der Waals surface area contributed by atoms with Crippen molar-refractivity contribution >= 4 is 5.97 Å². The first-order valence-electron chi connectivity index (χ1n) is 7.30. The smallest absolute Gasteiger partial charge is 0.314 e. The van der Waals surface area contributed by atoms with E-state index in [9.17, 15) is 4.79 Å². The van der Waals surface area contributed by atoms with Gasteiger partial charge >= 0.3 is 5.97 Å². The molecule has 4 heteroatoms. The third kappa shape index (κ3) is 5.97. The Labute approximate surface area is 127 Å². The number of carbonyl (C=O) groups excluding carboxylic acids is 1. The molecule has 0 fully saturated rings. The van der Waals surface area contributed by atoms with E-state index in [1.165, 1.54) is 7.11 Å². The Morgan fingerprint density at radius 1 is 1.29 bits per heavy atom. The lowest BCUT2D eigenvalue weighted by Gasteiger charge is -2.27. The maximum absolute atomic E-state index is 12.1. The van der Waals surface area contributed by atoms with Gasteiger partial charge in [-0.2, -0.15) is 5.26 Å². The summed E-state index contributed by atoms with van der Waals surface area (Å²) in [5.74, 6) is -0.0571. The Balaban J connectivity index is 2.86. The van der Waals surface area contributed by atoms with Crippen LogP contribution in [0.25, 0.3) is 0 Å². The van der Waals surface area contributed by atoms with Crippen molar-refractivity contribution in [2.45, 2.75) is 26.2 Å². The second-order valence-corrected chi connectivity index (χ2v) is 5.55. The zero-order valence-corrected chi connectivity index (χ0v) is 13.1. The highest BCUT2D eigenvalue weighted by Gasteiger charge is 2.24. The minimum absolute atomic E-state index is 0.230. The van der Waals surface area contributed by atoms with Crippen molar-refractivity contribution < 1.29 is 9.53 Å². The van der Waals surface area contributed by atoms with Gasteiger partial charge in [0.05, 0.1) is 19.1 Å². The summed E-state index contributed by atoms with van der Waals surface area (Å²) in [5, 5.41) is 8.79. The van der Waals surface area contributed by atoms with Gasteiger partial charge in [-0.3, -0.25) is 4.79 Å². The highest BCUT2D eigenvalue weighted by Crippen LogP contribution is 2.19. The van der Waals surface area contributed by atoms with Gasteiger partial charge in [0.1, 0.15) is 0 Å². The zero-order valence-electron chi connectivity index (χ0n) is 13.1. The summed E-state index contributed by atoms with van der Waals surface area (Å²) in [6.45, 7) is 6.39. The van der Waals surface area contributed by atoms with Crippen molar-refractivity contribution in [1.82, 2.24) is 4.90 Å². The molecule has 1 aromatic rings. The largest absolute Gasteiger partial charge is 0.469 e. The maximum atomic E-state index is 12.1. The van der Waals surface area contributed by atoms with Crippen LogP contribution in [0.5, 0.6) is 0 Å². The lowest BCUT2D eigenvalue weighted by atomic mass is 9.98. The number of methoxy groups -OCH3 is 1. The van der Waals surface area contributed by atoms with E-state index in [1.54, 1.807) is 0 Å². The molecule has 0 saturated heterocycles. The van der Waals surface area contributed by atoms with Gasteiger partial charge in [-0.1, -0.05) is 44.2 Å². The van der Waals surface area contributed by atoms with E-state index in [0.717, 1.165) is 12.1 Å². The second kappa shape index (κ2) is 9.15. The lowest BCUT2D eigenvalue weighted by molar-refractivity contribution is -0.143. The summed E-state index contributed by atoms with van der Waals surface area (Å²) in [7, 11) is 1.42. The zero-order chi connectivity index (χ0) is 15.7. The van der Waals surface area contributed by atoms with E-state index in [-0.39, 0.29) is 11.9 Å². The van der Waals surface area contributed by atoms with E-state index in [1.807, 2.05) is 30.3 Å². The summed E-state index contributed by atoms with van der Waals surface area (Å²) in [6.07, 6.45) is 0.468. The molecule has 0 radical (unpaired) electrons. The van der Waals surface area contributed by atoms with Gasteiger partial charge < -0.3 is 9.64 Å². The molecule has 0 amide bonds. The number of nitrogens with zero attached hydrogens (tertiary/aromatic N) is 2. The summed E-state index contributed by atoms with van der Waals surface area (Å²) in [6, 6.07) is 11.8. The number of esters is 1. The highest BCUT2D eigenvalue weighted by atomic mass is 16.5. The first-order chi connectivity index (χ1) is 10.1. The number of benzene rings is 1. The third-order valence-electron chi connectivity index (χ3n) is 3.29. The number of carbonyl (C=O) groups is 1. The van der Waals surface area contributed by atoms with E-state index in [4.69, 9.17) is 10.00 Å². The van der Waals surface area contributed by atoms with Crippen LogP contribution in [-0.4, -0.2) is 37.6 Å². The Bertz CT molecular complexity index is 465. The number of rotatable bonds is 8. The van der Waals surface area contributed by atoms with E-state index < -0.39 is 0 Å². The maximum Gasteiger partial charge on any atom is 0.314 e. The van der Waals surface area contributed by atoms with Crippen molar-refractivity contribution in [3.8, 4) is 6.07 Å². The number of hydrogen-bond donors (Lipinski definition) is 0. The van der Waals surface area contributed by atoms with Crippen LogP contribution in [0.3, 0.4) is 0 Å². The molecule has 1 aromatic carbocycles. The molecule has 0 heterocycles. The Morgan fingerprint density at radius 2 is 1.95 bits per heavy atom. The van der Waals surface area contributed by atoms with E-state index in [0.29, 0.717) is 25.4 Å². The molecule has 1 rings (SSSR count). The van der Waals surface area contributed by atoms with Gasteiger partial charge in [0, 0.05) is 26.1 Å². The predicted octanol–water partition coefficient (Wildman–Crippen LogP) is 2.81. The van der Waals surface area contributed by atoms with Gasteiger partial charge in [-0.15, -0.1) is 0 Å². The lowest BCUT2D eigenvalue weighted by Crippen LogP contribution is -2.35. The van der Waals surface area contributed by atoms with Crippen molar-refractivity contribution in [2.24, 2.45) is 5.92 Å².